The number of alkyl halides is 3. The Hall–Kier alpha value is -1.01. The van der Waals surface area contributed by atoms with E-state index in [0.717, 1.165) is 18.5 Å². The first kappa shape index (κ1) is 16.0. The average Bonchev–Trinajstić information content (AvgIpc) is 2.31. The maximum atomic E-state index is 12.0. The maximum Gasteiger partial charge on any atom is 0.392 e. The van der Waals surface area contributed by atoms with Gasteiger partial charge in [0.25, 0.3) is 0 Å². The Morgan fingerprint density at radius 3 is 2.74 bits per heavy atom. The minimum Gasteiger partial charge on any atom is -0.476 e. The molecule has 19 heavy (non-hydrogen) atoms. The number of halogens is 4. The molecule has 1 N–H and O–H groups in total. The molecule has 1 aromatic rings. The van der Waals surface area contributed by atoms with Crippen molar-refractivity contribution in [1.82, 2.24) is 10.3 Å². The van der Waals surface area contributed by atoms with Crippen molar-refractivity contribution in [3.05, 3.63) is 22.8 Å². The van der Waals surface area contributed by atoms with E-state index in [9.17, 15) is 13.2 Å². The predicted molar refractivity (Wildman–Crippen MR) is 67.4 cm³/mol. The monoisotopic (exact) mass is 296 g/mol. The van der Waals surface area contributed by atoms with Crippen LogP contribution in [0, 0.1) is 0 Å². The normalized spacial score (nSPS) is 11.6. The van der Waals surface area contributed by atoms with Crippen molar-refractivity contribution in [1.29, 1.82) is 0 Å². The molecule has 0 saturated heterocycles. The fraction of sp³-hybridized carbons (Fsp3) is 0.583. The van der Waals surface area contributed by atoms with Gasteiger partial charge in [0.15, 0.2) is 0 Å². The maximum absolute atomic E-state index is 12.0. The fourth-order valence-electron chi connectivity index (χ4n) is 1.34. The topological polar surface area (TPSA) is 34.2 Å². The zero-order chi connectivity index (χ0) is 14.3. The molecule has 0 radical (unpaired) electrons. The third-order valence-corrected chi connectivity index (χ3v) is 2.52. The summed E-state index contributed by atoms with van der Waals surface area (Å²) in [6, 6.07) is 1.64. The summed E-state index contributed by atoms with van der Waals surface area (Å²) in [4.78, 5) is 3.92. The van der Waals surface area contributed by atoms with Crippen LogP contribution >= 0.6 is 11.6 Å². The minimum atomic E-state index is -4.24. The summed E-state index contributed by atoms with van der Waals surface area (Å²) in [5.41, 5.74) is 0.863. The lowest BCUT2D eigenvalue weighted by Gasteiger charge is -2.10. The number of aromatic nitrogens is 1. The molecular formula is C12H16ClF3N2O. The molecule has 108 valence electrons. The lowest BCUT2D eigenvalue weighted by atomic mass is 10.3. The zero-order valence-electron chi connectivity index (χ0n) is 10.6. The molecule has 7 heteroatoms. The third kappa shape index (κ3) is 6.63. The Bertz CT molecular complexity index is 399. The Balaban J connectivity index is 2.48. The molecule has 0 saturated carbocycles. The van der Waals surface area contributed by atoms with Crippen LogP contribution in [-0.4, -0.2) is 24.3 Å². The van der Waals surface area contributed by atoms with Crippen molar-refractivity contribution in [3.63, 3.8) is 0 Å². The Morgan fingerprint density at radius 2 is 2.16 bits per heavy atom. The molecular weight excluding hydrogens is 281 g/mol. The van der Waals surface area contributed by atoms with E-state index in [1.54, 1.807) is 6.07 Å². The molecule has 0 amide bonds. The van der Waals surface area contributed by atoms with Crippen molar-refractivity contribution in [2.24, 2.45) is 0 Å². The number of ether oxygens (including phenoxy) is 1. The molecule has 0 bridgehead atoms. The molecule has 3 nitrogen and oxygen atoms in total. The van der Waals surface area contributed by atoms with Crippen LogP contribution in [0.15, 0.2) is 12.3 Å². The van der Waals surface area contributed by atoms with Gasteiger partial charge < -0.3 is 10.1 Å². The highest BCUT2D eigenvalue weighted by atomic mass is 35.5. The van der Waals surface area contributed by atoms with Crippen LogP contribution in [0.25, 0.3) is 0 Å². The van der Waals surface area contributed by atoms with Gasteiger partial charge in [0.1, 0.15) is 5.02 Å². The van der Waals surface area contributed by atoms with Crippen LogP contribution < -0.4 is 10.1 Å². The third-order valence-electron chi connectivity index (χ3n) is 2.24. The number of hydrogen-bond donors (Lipinski definition) is 1. The van der Waals surface area contributed by atoms with E-state index in [4.69, 9.17) is 16.3 Å². The molecule has 0 unspecified atom stereocenters. The highest BCUT2D eigenvalue weighted by molar-refractivity contribution is 6.31. The minimum absolute atomic E-state index is 0.0326. The lowest BCUT2D eigenvalue weighted by molar-refractivity contribution is -0.139. The summed E-state index contributed by atoms with van der Waals surface area (Å²) in [6.07, 6.45) is -2.71. The van der Waals surface area contributed by atoms with Gasteiger partial charge in [-0.25, -0.2) is 4.98 Å². The van der Waals surface area contributed by atoms with Crippen LogP contribution in [0.5, 0.6) is 5.88 Å². The van der Waals surface area contributed by atoms with Gasteiger partial charge in [-0.05, 0) is 24.6 Å². The first-order valence-corrected chi connectivity index (χ1v) is 6.35. The highest BCUT2D eigenvalue weighted by Gasteiger charge is 2.27. The summed E-state index contributed by atoms with van der Waals surface area (Å²) in [7, 11) is 0. The van der Waals surface area contributed by atoms with Gasteiger partial charge in [0, 0.05) is 12.7 Å². The predicted octanol–water partition coefficient (Wildman–Crippen LogP) is 3.57. The summed E-state index contributed by atoms with van der Waals surface area (Å²) in [6.45, 7) is 3.06. The Labute approximate surface area is 115 Å². The first-order valence-electron chi connectivity index (χ1n) is 5.97. The van der Waals surface area contributed by atoms with E-state index in [2.05, 4.69) is 17.2 Å². The molecule has 0 aliphatic heterocycles. The fourth-order valence-corrected chi connectivity index (χ4v) is 1.58. The largest absolute Gasteiger partial charge is 0.476 e. The molecule has 0 aliphatic rings. The molecule has 0 atom stereocenters. The van der Waals surface area contributed by atoms with Gasteiger partial charge in [0.05, 0.1) is 13.0 Å². The lowest BCUT2D eigenvalue weighted by Crippen LogP contribution is -2.15. The number of rotatable bonds is 7. The molecule has 0 aromatic carbocycles. The molecule has 0 fully saturated rings. The molecule has 1 heterocycles. The molecule has 1 rings (SSSR count). The molecule has 0 aliphatic carbocycles. The zero-order valence-corrected chi connectivity index (χ0v) is 11.3. The summed E-state index contributed by atoms with van der Waals surface area (Å²) in [5, 5.41) is 3.39. The SMILES string of the molecule is CCCNCc1cnc(OCCC(F)(F)F)c(Cl)c1. The number of nitrogens with one attached hydrogen (secondary N) is 1. The smallest absolute Gasteiger partial charge is 0.392 e. The second-order valence-electron chi connectivity index (χ2n) is 4.02. The van der Waals surface area contributed by atoms with E-state index >= 15 is 0 Å². The van der Waals surface area contributed by atoms with Crippen LogP contribution in [0.3, 0.4) is 0 Å². The van der Waals surface area contributed by atoms with E-state index in [0.29, 0.717) is 6.54 Å². The quantitative estimate of drug-likeness (QED) is 0.781. The molecule has 1 aromatic heterocycles. The van der Waals surface area contributed by atoms with Crippen LogP contribution in [0.2, 0.25) is 5.02 Å². The van der Waals surface area contributed by atoms with Gasteiger partial charge in [-0.15, -0.1) is 0 Å². The highest BCUT2D eigenvalue weighted by Crippen LogP contribution is 2.24. The van der Waals surface area contributed by atoms with E-state index in [1.807, 2.05) is 0 Å². The van der Waals surface area contributed by atoms with Gasteiger partial charge >= 0.3 is 6.18 Å². The Morgan fingerprint density at radius 1 is 1.42 bits per heavy atom. The Kier molecular flexibility index (Phi) is 6.37. The van der Waals surface area contributed by atoms with Crippen molar-refractivity contribution in [2.75, 3.05) is 13.2 Å². The summed E-state index contributed by atoms with van der Waals surface area (Å²) < 4.78 is 40.8. The molecule has 0 spiro atoms. The first-order chi connectivity index (χ1) is 8.92. The number of hydrogen-bond acceptors (Lipinski definition) is 3. The van der Waals surface area contributed by atoms with E-state index < -0.39 is 19.2 Å². The van der Waals surface area contributed by atoms with Crippen molar-refractivity contribution in [3.8, 4) is 5.88 Å². The standard InChI is InChI=1S/C12H16ClF3N2O/c1-2-4-17-7-9-6-10(13)11(18-8-9)19-5-3-12(14,15)16/h6,8,17H,2-5,7H2,1H3. The summed E-state index contributed by atoms with van der Waals surface area (Å²) >= 11 is 5.90. The number of pyridine rings is 1. The van der Waals surface area contributed by atoms with Crippen molar-refractivity contribution >= 4 is 11.6 Å². The van der Waals surface area contributed by atoms with Gasteiger partial charge in [-0.2, -0.15) is 13.2 Å². The van der Waals surface area contributed by atoms with Crippen molar-refractivity contribution in [2.45, 2.75) is 32.5 Å². The van der Waals surface area contributed by atoms with Crippen LogP contribution in [-0.2, 0) is 6.54 Å². The van der Waals surface area contributed by atoms with Gasteiger partial charge in [0.2, 0.25) is 5.88 Å². The second kappa shape index (κ2) is 7.55. The second-order valence-corrected chi connectivity index (χ2v) is 4.43. The average molecular weight is 297 g/mol. The van der Waals surface area contributed by atoms with E-state index in [-0.39, 0.29) is 10.9 Å². The van der Waals surface area contributed by atoms with E-state index in [1.165, 1.54) is 6.20 Å². The van der Waals surface area contributed by atoms with Crippen molar-refractivity contribution < 1.29 is 17.9 Å². The van der Waals surface area contributed by atoms with Gasteiger partial charge in [-0.3, -0.25) is 0 Å². The number of nitrogens with zero attached hydrogens (tertiary/aromatic N) is 1. The van der Waals surface area contributed by atoms with Crippen LogP contribution in [0.4, 0.5) is 13.2 Å². The summed E-state index contributed by atoms with van der Waals surface area (Å²) in [5.74, 6) is 0.0326. The van der Waals surface area contributed by atoms with Crippen LogP contribution in [0.1, 0.15) is 25.3 Å². The van der Waals surface area contributed by atoms with Gasteiger partial charge in [-0.1, -0.05) is 18.5 Å².